The summed E-state index contributed by atoms with van der Waals surface area (Å²) in [4.78, 5) is 26.1. The number of nitrogens with zero attached hydrogens (tertiary/aromatic N) is 1. The molecule has 0 bridgehead atoms. The number of hydrogen-bond acceptors (Lipinski definition) is 2. The van der Waals surface area contributed by atoms with Crippen LogP contribution in [0.5, 0.6) is 0 Å². The zero-order valence-corrected chi connectivity index (χ0v) is 14.7. The van der Waals surface area contributed by atoms with Crippen molar-refractivity contribution in [1.29, 1.82) is 0 Å². The van der Waals surface area contributed by atoms with E-state index in [1.165, 1.54) is 23.5 Å². The molecule has 3 rings (SSSR count). The molecule has 1 aliphatic heterocycles. The normalized spacial score (nSPS) is 26.8. The van der Waals surface area contributed by atoms with E-state index in [1.807, 2.05) is 0 Å². The van der Waals surface area contributed by atoms with Gasteiger partial charge in [0.2, 0.25) is 11.8 Å². The van der Waals surface area contributed by atoms with Crippen LogP contribution < -0.4 is 10.2 Å². The van der Waals surface area contributed by atoms with Crippen molar-refractivity contribution in [1.82, 2.24) is 5.32 Å². The minimum atomic E-state index is -4.47. The zero-order chi connectivity index (χ0) is 18.9. The third-order valence-electron chi connectivity index (χ3n) is 5.42. The molecule has 1 aromatic carbocycles. The maximum absolute atomic E-state index is 12.9. The van der Waals surface area contributed by atoms with Crippen LogP contribution in [0.25, 0.3) is 0 Å². The number of nitrogens with one attached hydrogen (secondary N) is 1. The van der Waals surface area contributed by atoms with Gasteiger partial charge in [-0.15, -0.1) is 0 Å². The van der Waals surface area contributed by atoms with Gasteiger partial charge in [0.25, 0.3) is 0 Å². The van der Waals surface area contributed by atoms with Crippen LogP contribution in [0.2, 0.25) is 0 Å². The monoisotopic (exact) mass is 368 g/mol. The Balaban J connectivity index is 1.68. The predicted octanol–water partition coefficient (Wildman–Crippen LogP) is 3.75. The standard InChI is InChI=1S/C19H23F3N2O2/c1-12-5-2-3-8-16(12)23-18(26)13-9-17(25)24(11-13)15-7-4-6-14(10-15)19(20,21)22/h4,6-7,10,12-13,16H,2-3,5,8-9,11H2,1H3,(H,23,26)/t12-,13-,16-/m1/s1. The fourth-order valence-electron chi connectivity index (χ4n) is 3.81. The lowest BCUT2D eigenvalue weighted by atomic mass is 9.85. The van der Waals surface area contributed by atoms with Crippen LogP contribution in [0.1, 0.15) is 44.6 Å². The SMILES string of the molecule is C[C@@H]1CCCC[C@H]1NC(=O)[C@@H]1CC(=O)N(c2cccc(C(F)(F)F)c2)C1. The van der Waals surface area contributed by atoms with Crippen LogP contribution in [-0.2, 0) is 15.8 Å². The van der Waals surface area contributed by atoms with Crippen molar-refractivity contribution in [3.63, 3.8) is 0 Å². The van der Waals surface area contributed by atoms with E-state index < -0.39 is 17.7 Å². The summed E-state index contributed by atoms with van der Waals surface area (Å²) in [5.74, 6) is -0.608. The van der Waals surface area contributed by atoms with E-state index in [9.17, 15) is 22.8 Å². The molecule has 0 aromatic heterocycles. The fourth-order valence-corrected chi connectivity index (χ4v) is 3.81. The lowest BCUT2D eigenvalue weighted by Crippen LogP contribution is -2.44. The molecule has 142 valence electrons. The summed E-state index contributed by atoms with van der Waals surface area (Å²) >= 11 is 0. The van der Waals surface area contributed by atoms with Gasteiger partial charge in [0.05, 0.1) is 11.5 Å². The van der Waals surface area contributed by atoms with Gasteiger partial charge in [-0.05, 0) is 37.0 Å². The number of hydrogen-bond donors (Lipinski definition) is 1. The van der Waals surface area contributed by atoms with E-state index >= 15 is 0 Å². The van der Waals surface area contributed by atoms with Crippen molar-refractivity contribution in [2.45, 2.75) is 51.2 Å². The minimum Gasteiger partial charge on any atom is -0.353 e. The van der Waals surface area contributed by atoms with Crippen molar-refractivity contribution in [3.05, 3.63) is 29.8 Å². The molecule has 0 unspecified atom stereocenters. The Morgan fingerprint density at radius 3 is 2.65 bits per heavy atom. The Kier molecular flexibility index (Phi) is 5.25. The Morgan fingerprint density at radius 1 is 1.23 bits per heavy atom. The molecule has 3 atom stereocenters. The molecule has 0 spiro atoms. The number of anilines is 1. The van der Waals surface area contributed by atoms with Crippen LogP contribution >= 0.6 is 0 Å². The lowest BCUT2D eigenvalue weighted by molar-refractivity contribution is -0.137. The molecule has 1 heterocycles. The van der Waals surface area contributed by atoms with Crippen molar-refractivity contribution in [2.75, 3.05) is 11.4 Å². The molecule has 1 saturated heterocycles. The summed E-state index contributed by atoms with van der Waals surface area (Å²) in [6, 6.07) is 4.80. The number of amides is 2. The highest BCUT2D eigenvalue weighted by atomic mass is 19.4. The first-order valence-electron chi connectivity index (χ1n) is 9.03. The summed E-state index contributed by atoms with van der Waals surface area (Å²) in [7, 11) is 0. The van der Waals surface area contributed by atoms with E-state index in [0.29, 0.717) is 5.92 Å². The van der Waals surface area contributed by atoms with Crippen LogP contribution in [0.15, 0.2) is 24.3 Å². The van der Waals surface area contributed by atoms with Crippen LogP contribution in [-0.4, -0.2) is 24.4 Å². The van der Waals surface area contributed by atoms with Gasteiger partial charge in [0, 0.05) is 24.7 Å². The van der Waals surface area contributed by atoms with Crippen molar-refractivity contribution >= 4 is 17.5 Å². The van der Waals surface area contributed by atoms with Crippen molar-refractivity contribution < 1.29 is 22.8 Å². The van der Waals surface area contributed by atoms with Gasteiger partial charge in [-0.2, -0.15) is 13.2 Å². The second kappa shape index (κ2) is 7.29. The number of benzene rings is 1. The van der Waals surface area contributed by atoms with Gasteiger partial charge >= 0.3 is 6.18 Å². The Labute approximate surface area is 150 Å². The summed E-state index contributed by atoms with van der Waals surface area (Å²) < 4.78 is 38.7. The number of halogens is 3. The minimum absolute atomic E-state index is 0.0309. The van der Waals surface area contributed by atoms with E-state index in [2.05, 4.69) is 12.2 Å². The second-order valence-electron chi connectivity index (χ2n) is 7.33. The Morgan fingerprint density at radius 2 is 1.96 bits per heavy atom. The number of carbonyl (C=O) groups excluding carboxylic acids is 2. The Hall–Kier alpha value is -2.05. The molecule has 4 nitrogen and oxygen atoms in total. The molecule has 2 fully saturated rings. The van der Waals surface area contributed by atoms with E-state index in [1.54, 1.807) is 0 Å². The summed E-state index contributed by atoms with van der Waals surface area (Å²) in [6.45, 7) is 2.23. The van der Waals surface area contributed by atoms with Gasteiger partial charge in [-0.3, -0.25) is 9.59 Å². The molecule has 1 aliphatic carbocycles. The number of carbonyl (C=O) groups is 2. The molecule has 26 heavy (non-hydrogen) atoms. The van der Waals surface area contributed by atoms with Crippen molar-refractivity contribution in [2.24, 2.45) is 11.8 Å². The molecular weight excluding hydrogens is 345 g/mol. The molecular formula is C19H23F3N2O2. The summed E-state index contributed by atoms with van der Waals surface area (Å²) in [5.41, 5.74) is -0.613. The topological polar surface area (TPSA) is 49.4 Å². The highest BCUT2D eigenvalue weighted by Gasteiger charge is 2.38. The average Bonchev–Trinajstić information content (AvgIpc) is 2.98. The largest absolute Gasteiger partial charge is 0.416 e. The Bertz CT molecular complexity index is 690. The second-order valence-corrected chi connectivity index (χ2v) is 7.33. The van der Waals surface area contributed by atoms with Gasteiger partial charge in [0.1, 0.15) is 0 Å². The maximum Gasteiger partial charge on any atom is 0.416 e. The van der Waals surface area contributed by atoms with E-state index in [-0.39, 0.29) is 36.5 Å². The quantitative estimate of drug-likeness (QED) is 0.883. The lowest BCUT2D eigenvalue weighted by Gasteiger charge is -2.30. The van der Waals surface area contributed by atoms with Gasteiger partial charge in [0.15, 0.2) is 0 Å². The first-order chi connectivity index (χ1) is 12.3. The van der Waals surface area contributed by atoms with E-state index in [4.69, 9.17) is 0 Å². The maximum atomic E-state index is 12.9. The molecule has 1 aromatic rings. The molecule has 1 N–H and O–H groups in total. The highest BCUT2D eigenvalue weighted by molar-refractivity contribution is 6.00. The van der Waals surface area contributed by atoms with Crippen LogP contribution in [0, 0.1) is 11.8 Å². The van der Waals surface area contributed by atoms with E-state index in [0.717, 1.165) is 31.4 Å². The number of alkyl halides is 3. The predicted molar refractivity (Wildman–Crippen MR) is 91.5 cm³/mol. The van der Waals surface area contributed by atoms with Crippen LogP contribution in [0.4, 0.5) is 18.9 Å². The smallest absolute Gasteiger partial charge is 0.353 e. The number of rotatable bonds is 3. The molecule has 2 amide bonds. The molecule has 2 aliphatic rings. The highest BCUT2D eigenvalue weighted by Crippen LogP contribution is 2.33. The summed E-state index contributed by atoms with van der Waals surface area (Å²) in [6.07, 6.45) is -0.181. The fraction of sp³-hybridized carbons (Fsp3) is 0.579. The van der Waals surface area contributed by atoms with Crippen molar-refractivity contribution in [3.8, 4) is 0 Å². The average molecular weight is 368 g/mol. The molecule has 7 heteroatoms. The van der Waals surface area contributed by atoms with Gasteiger partial charge in [-0.1, -0.05) is 25.8 Å². The third-order valence-corrected chi connectivity index (χ3v) is 5.42. The van der Waals surface area contributed by atoms with Gasteiger partial charge in [-0.25, -0.2) is 0 Å². The van der Waals surface area contributed by atoms with Crippen LogP contribution in [0.3, 0.4) is 0 Å². The third kappa shape index (κ3) is 4.02. The van der Waals surface area contributed by atoms with Gasteiger partial charge < -0.3 is 10.2 Å². The zero-order valence-electron chi connectivity index (χ0n) is 14.7. The molecule has 1 saturated carbocycles. The first-order valence-corrected chi connectivity index (χ1v) is 9.03. The summed E-state index contributed by atoms with van der Waals surface area (Å²) in [5, 5.41) is 3.04. The first kappa shape index (κ1) is 18.7. The molecule has 0 radical (unpaired) electrons.